The zero-order valence-electron chi connectivity index (χ0n) is 15.9. The Labute approximate surface area is 156 Å². The highest BCUT2D eigenvalue weighted by Gasteiger charge is 2.25. The van der Waals surface area contributed by atoms with E-state index >= 15 is 0 Å². The van der Waals surface area contributed by atoms with Crippen molar-refractivity contribution in [1.82, 2.24) is 5.32 Å². The van der Waals surface area contributed by atoms with E-state index in [0.717, 1.165) is 38.3 Å². The van der Waals surface area contributed by atoms with E-state index in [-0.39, 0.29) is 11.9 Å². The number of carbonyl (C=O) groups excluding carboxylic acids is 1. The predicted octanol–water partition coefficient (Wildman–Crippen LogP) is 0.156. The number of piperazine rings is 1. The van der Waals surface area contributed by atoms with Crippen LogP contribution < -0.4 is 15.1 Å². The summed E-state index contributed by atoms with van der Waals surface area (Å²) in [6.45, 7) is 10.3. The van der Waals surface area contributed by atoms with Gasteiger partial charge in [-0.15, -0.1) is 0 Å². The average Bonchev–Trinajstić information content (AvgIpc) is 2.66. The molecule has 2 aromatic carbocycles. The number of hydrogen-bond acceptors (Lipinski definition) is 1. The molecule has 3 rings (SSSR count). The maximum Gasteiger partial charge on any atom is 0.275 e. The molecule has 0 unspecified atom stereocenters. The summed E-state index contributed by atoms with van der Waals surface area (Å²) in [5.74, 6) is 0.152. The molecule has 0 radical (unpaired) electrons. The lowest BCUT2D eigenvalue weighted by Crippen LogP contribution is -3.28. The lowest BCUT2D eigenvalue weighted by Gasteiger charge is -2.30. The van der Waals surface area contributed by atoms with E-state index in [0.29, 0.717) is 6.54 Å². The van der Waals surface area contributed by atoms with Gasteiger partial charge in [0.25, 0.3) is 5.91 Å². The van der Waals surface area contributed by atoms with Crippen molar-refractivity contribution < 1.29 is 14.6 Å². The molecule has 1 aliphatic rings. The number of nitrogens with one attached hydrogen (secondary N) is 3. The Balaban J connectivity index is 1.42. The van der Waals surface area contributed by atoms with Gasteiger partial charge in [0.15, 0.2) is 6.54 Å². The Morgan fingerprint density at radius 3 is 2.27 bits per heavy atom. The van der Waals surface area contributed by atoms with E-state index < -0.39 is 0 Å². The number of rotatable bonds is 6. The van der Waals surface area contributed by atoms with E-state index in [1.54, 1.807) is 4.90 Å². The molecule has 0 bridgehead atoms. The number of benzene rings is 2. The molecule has 26 heavy (non-hydrogen) atoms. The quantitative estimate of drug-likeness (QED) is 0.680. The van der Waals surface area contributed by atoms with E-state index in [1.807, 2.05) is 25.1 Å². The SMILES string of the molecule is Cc1ccccc1C[NH+]1CC[NH+](CC(=O)N[C@H](C)c2ccccc2)CC1. The number of quaternary nitrogens is 2. The van der Waals surface area contributed by atoms with Crippen LogP contribution in [0.2, 0.25) is 0 Å². The molecule has 0 aromatic heterocycles. The Hall–Kier alpha value is -2.17. The van der Waals surface area contributed by atoms with Gasteiger partial charge >= 0.3 is 0 Å². The van der Waals surface area contributed by atoms with Crippen molar-refractivity contribution in [1.29, 1.82) is 0 Å². The normalized spacial score (nSPS) is 21.2. The van der Waals surface area contributed by atoms with Crippen molar-refractivity contribution in [3.05, 3.63) is 71.3 Å². The first-order valence-electron chi connectivity index (χ1n) is 9.68. The zero-order chi connectivity index (χ0) is 18.4. The Morgan fingerprint density at radius 1 is 0.962 bits per heavy atom. The Morgan fingerprint density at radius 2 is 1.58 bits per heavy atom. The molecule has 1 saturated heterocycles. The fraction of sp³-hybridized carbons (Fsp3) is 0.409. The van der Waals surface area contributed by atoms with Gasteiger partial charge in [0, 0.05) is 5.56 Å². The summed E-state index contributed by atoms with van der Waals surface area (Å²) < 4.78 is 0. The van der Waals surface area contributed by atoms with Crippen LogP contribution in [-0.4, -0.2) is 38.6 Å². The van der Waals surface area contributed by atoms with Gasteiger partial charge in [0.1, 0.15) is 32.7 Å². The van der Waals surface area contributed by atoms with E-state index in [2.05, 4.69) is 48.6 Å². The molecule has 1 fully saturated rings. The Kier molecular flexibility index (Phi) is 6.42. The van der Waals surface area contributed by atoms with Gasteiger partial charge in [-0.25, -0.2) is 0 Å². The summed E-state index contributed by atoms with van der Waals surface area (Å²) >= 11 is 0. The third-order valence-electron chi connectivity index (χ3n) is 5.45. The van der Waals surface area contributed by atoms with E-state index in [1.165, 1.54) is 16.0 Å². The van der Waals surface area contributed by atoms with Gasteiger partial charge in [-0.05, 0) is 25.0 Å². The highest BCUT2D eigenvalue weighted by molar-refractivity contribution is 5.77. The number of aryl methyl sites for hydroxylation is 1. The molecular formula is C22H31N3O+2. The fourth-order valence-corrected chi connectivity index (χ4v) is 3.73. The lowest BCUT2D eigenvalue weighted by atomic mass is 10.1. The lowest BCUT2D eigenvalue weighted by molar-refractivity contribution is -1.02. The van der Waals surface area contributed by atoms with Crippen LogP contribution in [0.4, 0.5) is 0 Å². The second-order valence-corrected chi connectivity index (χ2v) is 7.48. The van der Waals surface area contributed by atoms with Gasteiger partial charge in [0.05, 0.1) is 6.04 Å². The molecule has 138 valence electrons. The minimum absolute atomic E-state index is 0.0658. The maximum atomic E-state index is 12.4. The van der Waals surface area contributed by atoms with Crippen LogP contribution in [-0.2, 0) is 11.3 Å². The first-order chi connectivity index (χ1) is 12.6. The molecule has 1 heterocycles. The van der Waals surface area contributed by atoms with Crippen LogP contribution in [0.25, 0.3) is 0 Å². The van der Waals surface area contributed by atoms with Crippen LogP contribution >= 0.6 is 0 Å². The molecule has 2 aromatic rings. The minimum Gasteiger partial charge on any atom is -0.345 e. The van der Waals surface area contributed by atoms with Crippen molar-refractivity contribution in [2.45, 2.75) is 26.4 Å². The van der Waals surface area contributed by atoms with Crippen molar-refractivity contribution in [2.75, 3.05) is 32.7 Å². The zero-order valence-corrected chi connectivity index (χ0v) is 15.9. The summed E-state index contributed by atoms with van der Waals surface area (Å²) in [6, 6.07) is 18.9. The summed E-state index contributed by atoms with van der Waals surface area (Å²) in [6.07, 6.45) is 0. The third-order valence-corrected chi connectivity index (χ3v) is 5.45. The summed E-state index contributed by atoms with van der Waals surface area (Å²) in [4.78, 5) is 15.4. The molecule has 0 spiro atoms. The summed E-state index contributed by atoms with van der Waals surface area (Å²) in [5, 5.41) is 3.14. The molecule has 1 atom stereocenters. The summed E-state index contributed by atoms with van der Waals surface area (Å²) in [7, 11) is 0. The molecule has 1 amide bonds. The topological polar surface area (TPSA) is 38.0 Å². The number of amides is 1. The molecule has 0 saturated carbocycles. The average molecular weight is 354 g/mol. The van der Waals surface area contributed by atoms with Gasteiger partial charge in [-0.2, -0.15) is 0 Å². The van der Waals surface area contributed by atoms with E-state index in [9.17, 15) is 4.79 Å². The minimum atomic E-state index is 0.0658. The first kappa shape index (κ1) is 18.6. The van der Waals surface area contributed by atoms with Gasteiger partial charge in [-0.1, -0.05) is 54.6 Å². The van der Waals surface area contributed by atoms with Gasteiger partial charge in [0.2, 0.25) is 0 Å². The van der Waals surface area contributed by atoms with Crippen molar-refractivity contribution in [3.8, 4) is 0 Å². The maximum absolute atomic E-state index is 12.4. The highest BCUT2D eigenvalue weighted by atomic mass is 16.2. The summed E-state index contributed by atoms with van der Waals surface area (Å²) in [5.41, 5.74) is 3.98. The van der Waals surface area contributed by atoms with Gasteiger partial charge in [-0.3, -0.25) is 4.79 Å². The Bertz CT molecular complexity index is 708. The fourth-order valence-electron chi connectivity index (χ4n) is 3.73. The number of hydrogen-bond donors (Lipinski definition) is 3. The predicted molar refractivity (Wildman–Crippen MR) is 104 cm³/mol. The van der Waals surface area contributed by atoms with Crippen LogP contribution in [0.15, 0.2) is 54.6 Å². The van der Waals surface area contributed by atoms with Crippen molar-refractivity contribution in [3.63, 3.8) is 0 Å². The van der Waals surface area contributed by atoms with Crippen LogP contribution in [0.5, 0.6) is 0 Å². The van der Waals surface area contributed by atoms with Crippen molar-refractivity contribution in [2.24, 2.45) is 0 Å². The third kappa shape index (κ3) is 5.16. The second kappa shape index (κ2) is 8.97. The molecule has 3 N–H and O–H groups in total. The van der Waals surface area contributed by atoms with Crippen LogP contribution in [0.1, 0.15) is 29.7 Å². The van der Waals surface area contributed by atoms with Crippen LogP contribution in [0.3, 0.4) is 0 Å². The molecule has 0 aliphatic carbocycles. The van der Waals surface area contributed by atoms with E-state index in [4.69, 9.17) is 0 Å². The molecule has 4 heteroatoms. The number of carbonyl (C=O) groups is 1. The monoisotopic (exact) mass is 353 g/mol. The molecule has 1 aliphatic heterocycles. The molecule has 4 nitrogen and oxygen atoms in total. The molecular weight excluding hydrogens is 322 g/mol. The first-order valence-corrected chi connectivity index (χ1v) is 9.68. The standard InChI is InChI=1S/C22H29N3O/c1-18-8-6-7-11-21(18)16-24-12-14-25(15-13-24)17-22(26)23-19(2)20-9-4-3-5-10-20/h3-11,19H,12-17H2,1-2H3,(H,23,26)/p+2/t19-/m1/s1. The smallest absolute Gasteiger partial charge is 0.275 e. The van der Waals surface area contributed by atoms with Crippen LogP contribution in [0, 0.1) is 6.92 Å². The second-order valence-electron chi connectivity index (χ2n) is 7.48. The largest absolute Gasteiger partial charge is 0.345 e. The highest BCUT2D eigenvalue weighted by Crippen LogP contribution is 2.10. The van der Waals surface area contributed by atoms with Crippen molar-refractivity contribution >= 4 is 5.91 Å². The van der Waals surface area contributed by atoms with Gasteiger partial charge < -0.3 is 15.1 Å².